The predicted octanol–water partition coefficient (Wildman–Crippen LogP) is 3.52. The second-order valence-electron chi connectivity index (χ2n) is 5.34. The first-order valence-electron chi connectivity index (χ1n) is 7.86. The fourth-order valence-electron chi connectivity index (χ4n) is 2.13. The summed E-state index contributed by atoms with van der Waals surface area (Å²) in [4.78, 5) is 0. The SMILES string of the molecule is Cc1ccc(C)c(OCCCOc2ccccc2OCCO)c1. The number of rotatable bonds is 9. The van der Waals surface area contributed by atoms with Gasteiger partial charge in [-0.15, -0.1) is 0 Å². The van der Waals surface area contributed by atoms with E-state index in [0.717, 1.165) is 17.7 Å². The van der Waals surface area contributed by atoms with E-state index in [4.69, 9.17) is 19.3 Å². The summed E-state index contributed by atoms with van der Waals surface area (Å²) >= 11 is 0. The Morgan fingerprint density at radius 2 is 1.39 bits per heavy atom. The maximum absolute atomic E-state index is 8.83. The van der Waals surface area contributed by atoms with Gasteiger partial charge in [0, 0.05) is 6.42 Å². The van der Waals surface area contributed by atoms with Gasteiger partial charge in [-0.25, -0.2) is 0 Å². The molecule has 0 aliphatic carbocycles. The molecule has 124 valence electrons. The van der Waals surface area contributed by atoms with Gasteiger partial charge in [0.25, 0.3) is 0 Å². The summed E-state index contributed by atoms with van der Waals surface area (Å²) in [6.07, 6.45) is 0.779. The molecule has 0 spiro atoms. The molecule has 0 aromatic heterocycles. The van der Waals surface area contributed by atoms with E-state index in [9.17, 15) is 0 Å². The molecule has 0 radical (unpaired) electrons. The van der Waals surface area contributed by atoms with Gasteiger partial charge in [-0.2, -0.15) is 0 Å². The third-order valence-electron chi connectivity index (χ3n) is 3.35. The third kappa shape index (κ3) is 5.49. The highest BCUT2D eigenvalue weighted by atomic mass is 16.5. The Kier molecular flexibility index (Phi) is 6.76. The third-order valence-corrected chi connectivity index (χ3v) is 3.35. The Morgan fingerprint density at radius 3 is 2.04 bits per heavy atom. The number of aliphatic hydroxyl groups is 1. The smallest absolute Gasteiger partial charge is 0.161 e. The maximum atomic E-state index is 8.83. The molecule has 0 atom stereocenters. The molecular formula is C19H24O4. The monoisotopic (exact) mass is 316 g/mol. The van der Waals surface area contributed by atoms with Crippen molar-refractivity contribution in [3.05, 3.63) is 53.6 Å². The van der Waals surface area contributed by atoms with Crippen molar-refractivity contribution in [2.24, 2.45) is 0 Å². The van der Waals surface area contributed by atoms with Crippen LogP contribution in [0.25, 0.3) is 0 Å². The van der Waals surface area contributed by atoms with Crippen molar-refractivity contribution >= 4 is 0 Å². The van der Waals surface area contributed by atoms with Crippen molar-refractivity contribution in [3.8, 4) is 17.2 Å². The van der Waals surface area contributed by atoms with Gasteiger partial charge in [-0.3, -0.25) is 0 Å². The number of benzene rings is 2. The average Bonchev–Trinajstić information content (AvgIpc) is 2.56. The van der Waals surface area contributed by atoms with Crippen molar-refractivity contribution in [3.63, 3.8) is 0 Å². The van der Waals surface area contributed by atoms with Crippen LogP contribution in [0.3, 0.4) is 0 Å². The van der Waals surface area contributed by atoms with Gasteiger partial charge in [-0.1, -0.05) is 24.3 Å². The fraction of sp³-hybridized carbons (Fsp3) is 0.368. The first kappa shape index (κ1) is 17.2. The molecule has 2 rings (SSSR count). The minimum atomic E-state index is -0.0159. The Hall–Kier alpha value is -2.20. The molecule has 0 amide bonds. The molecule has 0 saturated carbocycles. The summed E-state index contributed by atoms with van der Waals surface area (Å²) in [5, 5.41) is 8.83. The number of ether oxygens (including phenoxy) is 3. The van der Waals surface area contributed by atoms with Crippen LogP contribution in [0.4, 0.5) is 0 Å². The topological polar surface area (TPSA) is 47.9 Å². The van der Waals surface area contributed by atoms with Crippen molar-refractivity contribution in [2.45, 2.75) is 20.3 Å². The van der Waals surface area contributed by atoms with Crippen LogP contribution >= 0.6 is 0 Å². The van der Waals surface area contributed by atoms with E-state index in [-0.39, 0.29) is 13.2 Å². The minimum Gasteiger partial charge on any atom is -0.493 e. The lowest BCUT2D eigenvalue weighted by molar-refractivity contribution is 0.190. The molecule has 1 N–H and O–H groups in total. The molecule has 4 nitrogen and oxygen atoms in total. The molecule has 4 heteroatoms. The summed E-state index contributed by atoms with van der Waals surface area (Å²) in [7, 11) is 0. The van der Waals surface area contributed by atoms with E-state index in [2.05, 4.69) is 19.1 Å². The normalized spacial score (nSPS) is 10.4. The van der Waals surface area contributed by atoms with Crippen LogP contribution in [0.5, 0.6) is 17.2 Å². The van der Waals surface area contributed by atoms with Crippen LogP contribution in [0.15, 0.2) is 42.5 Å². The van der Waals surface area contributed by atoms with Crippen LogP contribution in [-0.2, 0) is 0 Å². The largest absolute Gasteiger partial charge is 0.493 e. The summed E-state index contributed by atoms with van der Waals surface area (Å²) in [5.74, 6) is 2.27. The zero-order valence-electron chi connectivity index (χ0n) is 13.7. The number of aliphatic hydroxyl groups excluding tert-OH is 1. The van der Waals surface area contributed by atoms with Gasteiger partial charge >= 0.3 is 0 Å². The van der Waals surface area contributed by atoms with E-state index < -0.39 is 0 Å². The van der Waals surface area contributed by atoms with Gasteiger partial charge in [0.2, 0.25) is 0 Å². The van der Waals surface area contributed by atoms with Gasteiger partial charge in [0.05, 0.1) is 19.8 Å². The van der Waals surface area contributed by atoms with Gasteiger partial charge < -0.3 is 19.3 Å². The summed E-state index contributed by atoms with van der Waals surface area (Å²) in [5.41, 5.74) is 2.33. The van der Waals surface area contributed by atoms with E-state index in [1.807, 2.05) is 37.3 Å². The Morgan fingerprint density at radius 1 is 0.783 bits per heavy atom. The zero-order chi connectivity index (χ0) is 16.5. The van der Waals surface area contributed by atoms with Crippen LogP contribution in [0.1, 0.15) is 17.5 Å². The average molecular weight is 316 g/mol. The summed E-state index contributed by atoms with van der Waals surface area (Å²) < 4.78 is 17.0. The fourth-order valence-corrected chi connectivity index (χ4v) is 2.13. The molecule has 23 heavy (non-hydrogen) atoms. The standard InChI is InChI=1S/C19H24O4/c1-15-8-9-16(2)19(14-15)22-12-5-11-21-17-6-3-4-7-18(17)23-13-10-20/h3-4,6-9,14,20H,5,10-13H2,1-2H3. The second-order valence-corrected chi connectivity index (χ2v) is 5.34. The molecule has 0 aliphatic rings. The predicted molar refractivity (Wildman–Crippen MR) is 90.5 cm³/mol. The van der Waals surface area contributed by atoms with Crippen LogP contribution in [0.2, 0.25) is 0 Å². The molecule has 0 aliphatic heterocycles. The van der Waals surface area contributed by atoms with Crippen LogP contribution in [0, 0.1) is 13.8 Å². The van der Waals surface area contributed by atoms with Crippen molar-refractivity contribution in [1.82, 2.24) is 0 Å². The van der Waals surface area contributed by atoms with Crippen molar-refractivity contribution in [2.75, 3.05) is 26.4 Å². The lowest BCUT2D eigenvalue weighted by Gasteiger charge is -2.13. The molecule has 0 fully saturated rings. The number of aryl methyl sites for hydroxylation is 2. The first-order valence-corrected chi connectivity index (χ1v) is 7.86. The molecule has 0 unspecified atom stereocenters. The Labute approximate surface area is 137 Å². The molecule has 2 aromatic carbocycles. The van der Waals surface area contributed by atoms with Gasteiger partial charge in [0.15, 0.2) is 11.5 Å². The van der Waals surface area contributed by atoms with E-state index in [1.165, 1.54) is 5.56 Å². The van der Waals surface area contributed by atoms with E-state index in [1.54, 1.807) is 0 Å². The minimum absolute atomic E-state index is 0.0159. The van der Waals surface area contributed by atoms with Gasteiger partial charge in [-0.05, 0) is 43.2 Å². The Balaban J connectivity index is 1.76. The highest BCUT2D eigenvalue weighted by molar-refractivity contribution is 5.39. The van der Waals surface area contributed by atoms with E-state index in [0.29, 0.717) is 24.7 Å². The molecule has 0 heterocycles. The molecule has 2 aromatic rings. The van der Waals surface area contributed by atoms with Gasteiger partial charge in [0.1, 0.15) is 12.4 Å². The van der Waals surface area contributed by atoms with Crippen LogP contribution in [-0.4, -0.2) is 31.5 Å². The lowest BCUT2D eigenvalue weighted by Crippen LogP contribution is -2.07. The maximum Gasteiger partial charge on any atom is 0.161 e. The van der Waals surface area contributed by atoms with Crippen LogP contribution < -0.4 is 14.2 Å². The number of para-hydroxylation sites is 2. The quantitative estimate of drug-likeness (QED) is 0.719. The molecular weight excluding hydrogens is 292 g/mol. The van der Waals surface area contributed by atoms with Crippen molar-refractivity contribution in [1.29, 1.82) is 0 Å². The second kappa shape index (κ2) is 9.06. The lowest BCUT2D eigenvalue weighted by atomic mass is 10.1. The number of hydrogen-bond donors (Lipinski definition) is 1. The zero-order valence-corrected chi connectivity index (χ0v) is 13.7. The van der Waals surface area contributed by atoms with E-state index >= 15 is 0 Å². The Bertz CT molecular complexity index is 610. The first-order chi connectivity index (χ1) is 11.2. The molecule has 0 saturated heterocycles. The highest BCUT2D eigenvalue weighted by Crippen LogP contribution is 2.26. The molecule has 0 bridgehead atoms. The summed E-state index contributed by atoms with van der Waals surface area (Å²) in [6, 6.07) is 13.7. The highest BCUT2D eigenvalue weighted by Gasteiger charge is 2.04. The van der Waals surface area contributed by atoms with Crippen molar-refractivity contribution < 1.29 is 19.3 Å². The number of hydrogen-bond acceptors (Lipinski definition) is 4. The summed E-state index contributed by atoms with van der Waals surface area (Å²) in [6.45, 7) is 5.49.